The number of nitriles is 2. The molecule has 8 heteroatoms. The molecule has 0 saturated carbocycles. The second-order valence-corrected chi connectivity index (χ2v) is 8.90. The molecule has 0 aliphatic heterocycles. The summed E-state index contributed by atoms with van der Waals surface area (Å²) in [4.78, 5) is 0.179. The summed E-state index contributed by atoms with van der Waals surface area (Å²) in [5.41, 5.74) is 3.31. The Labute approximate surface area is 176 Å². The van der Waals surface area contributed by atoms with Gasteiger partial charge in [-0.3, -0.25) is 4.68 Å². The highest BCUT2D eigenvalue weighted by atomic mass is 32.2. The van der Waals surface area contributed by atoms with Crippen molar-refractivity contribution in [2.45, 2.75) is 31.8 Å². The van der Waals surface area contributed by atoms with E-state index in [0.29, 0.717) is 33.6 Å². The van der Waals surface area contributed by atoms with Gasteiger partial charge in [0.25, 0.3) is 0 Å². The van der Waals surface area contributed by atoms with Crippen molar-refractivity contribution in [1.29, 1.82) is 10.5 Å². The molecule has 0 saturated heterocycles. The number of sulfonamides is 1. The third kappa shape index (κ3) is 4.25. The molecular weight excluding hydrogens is 398 g/mol. The minimum atomic E-state index is -3.89. The Balaban J connectivity index is 2.08. The van der Waals surface area contributed by atoms with Crippen molar-refractivity contribution >= 4 is 10.0 Å². The predicted molar refractivity (Wildman–Crippen MR) is 111 cm³/mol. The predicted octanol–water partition coefficient (Wildman–Crippen LogP) is 3.17. The van der Waals surface area contributed by atoms with Gasteiger partial charge in [-0.15, -0.1) is 0 Å². The first-order chi connectivity index (χ1) is 14.3. The molecule has 0 bridgehead atoms. The molecule has 0 unspecified atom stereocenters. The number of hydrogen-bond acceptors (Lipinski definition) is 5. The number of aryl methyl sites for hydroxylation is 2. The summed E-state index contributed by atoms with van der Waals surface area (Å²) in [5, 5.41) is 22.6. The minimum absolute atomic E-state index is 0.0857. The molecule has 1 heterocycles. The average molecular weight is 420 g/mol. The average Bonchev–Trinajstić information content (AvgIpc) is 2.99. The van der Waals surface area contributed by atoms with Gasteiger partial charge in [0.2, 0.25) is 10.0 Å². The zero-order chi connectivity index (χ0) is 21.9. The lowest BCUT2D eigenvalue weighted by Gasteiger charge is -2.23. The molecule has 7 nitrogen and oxygen atoms in total. The Morgan fingerprint density at radius 1 is 0.967 bits per heavy atom. The van der Waals surface area contributed by atoms with Gasteiger partial charge in [0, 0.05) is 20.1 Å². The Morgan fingerprint density at radius 2 is 1.47 bits per heavy atom. The summed E-state index contributed by atoms with van der Waals surface area (Å²) in [5.74, 6) is 0. The zero-order valence-electron chi connectivity index (χ0n) is 17.0. The molecular formula is C22H21N5O2S. The molecule has 3 rings (SSSR count). The first-order valence-corrected chi connectivity index (χ1v) is 10.7. The van der Waals surface area contributed by atoms with E-state index in [1.165, 1.54) is 4.31 Å². The second-order valence-electron chi connectivity index (χ2n) is 7.02. The van der Waals surface area contributed by atoms with Crippen LogP contribution in [-0.4, -0.2) is 22.5 Å². The fourth-order valence-electron chi connectivity index (χ4n) is 3.37. The van der Waals surface area contributed by atoms with Crippen LogP contribution in [0.1, 0.15) is 33.6 Å². The number of hydrogen-bond donors (Lipinski definition) is 0. The van der Waals surface area contributed by atoms with E-state index in [1.54, 1.807) is 74.1 Å². The van der Waals surface area contributed by atoms with E-state index in [4.69, 9.17) is 0 Å². The van der Waals surface area contributed by atoms with Crippen molar-refractivity contribution < 1.29 is 8.42 Å². The van der Waals surface area contributed by atoms with Crippen LogP contribution in [0.4, 0.5) is 0 Å². The van der Waals surface area contributed by atoms with Crippen LogP contribution in [0.3, 0.4) is 0 Å². The molecule has 0 aliphatic carbocycles. The van der Waals surface area contributed by atoms with Crippen LogP contribution in [0.25, 0.3) is 0 Å². The molecule has 30 heavy (non-hydrogen) atoms. The third-order valence-electron chi connectivity index (χ3n) is 4.87. The second kappa shape index (κ2) is 8.50. The van der Waals surface area contributed by atoms with Gasteiger partial charge in [0.15, 0.2) is 0 Å². The standard InChI is InChI=1S/C22H21N5O2S/c1-16-22(17(2)26(3)25-16)30(28,29)27(14-20-8-4-6-18(10-20)12-23)15-21-9-5-7-19(11-21)13-24/h4-11H,14-15H2,1-3H3. The topological polar surface area (TPSA) is 103 Å². The van der Waals surface area contributed by atoms with Crippen molar-refractivity contribution in [3.63, 3.8) is 0 Å². The smallest absolute Gasteiger partial charge is 0.247 e. The van der Waals surface area contributed by atoms with Crippen LogP contribution in [0.5, 0.6) is 0 Å². The summed E-state index contributed by atoms with van der Waals surface area (Å²) >= 11 is 0. The lowest BCUT2D eigenvalue weighted by molar-refractivity contribution is 0.400. The summed E-state index contributed by atoms with van der Waals surface area (Å²) in [7, 11) is -2.19. The summed E-state index contributed by atoms with van der Waals surface area (Å²) in [6.07, 6.45) is 0. The van der Waals surface area contributed by atoms with Crippen molar-refractivity contribution in [3.8, 4) is 12.1 Å². The molecule has 0 N–H and O–H groups in total. The number of rotatable bonds is 6. The van der Waals surface area contributed by atoms with E-state index in [1.807, 2.05) is 0 Å². The summed E-state index contributed by atoms with van der Waals surface area (Å²) < 4.78 is 30.2. The van der Waals surface area contributed by atoms with Crippen LogP contribution < -0.4 is 0 Å². The highest BCUT2D eigenvalue weighted by Gasteiger charge is 2.31. The van der Waals surface area contributed by atoms with Gasteiger partial charge in [-0.1, -0.05) is 24.3 Å². The van der Waals surface area contributed by atoms with Gasteiger partial charge in [-0.2, -0.15) is 19.9 Å². The number of nitrogens with zero attached hydrogens (tertiary/aromatic N) is 5. The molecule has 0 radical (unpaired) electrons. The Morgan fingerprint density at radius 3 is 1.87 bits per heavy atom. The first kappa shape index (κ1) is 21.3. The normalized spacial score (nSPS) is 11.3. The van der Waals surface area contributed by atoms with E-state index in [-0.39, 0.29) is 18.0 Å². The van der Waals surface area contributed by atoms with Crippen LogP contribution in [-0.2, 0) is 30.2 Å². The molecule has 1 aromatic heterocycles. The molecule has 3 aromatic rings. The fraction of sp³-hybridized carbons (Fsp3) is 0.227. The SMILES string of the molecule is Cc1nn(C)c(C)c1S(=O)(=O)N(Cc1cccc(C#N)c1)Cc1cccc(C#N)c1. The van der Waals surface area contributed by atoms with Crippen molar-refractivity contribution in [1.82, 2.24) is 14.1 Å². The van der Waals surface area contributed by atoms with Gasteiger partial charge in [0.1, 0.15) is 4.90 Å². The molecule has 0 amide bonds. The number of benzene rings is 2. The minimum Gasteiger partial charge on any atom is -0.271 e. The quantitative estimate of drug-likeness (QED) is 0.610. The van der Waals surface area contributed by atoms with Crippen LogP contribution in [0, 0.1) is 36.5 Å². The highest BCUT2D eigenvalue weighted by Crippen LogP contribution is 2.26. The molecule has 0 fully saturated rings. The van der Waals surface area contributed by atoms with Crippen LogP contribution in [0.15, 0.2) is 53.4 Å². The third-order valence-corrected chi connectivity index (χ3v) is 6.92. The van der Waals surface area contributed by atoms with Gasteiger partial charge < -0.3 is 0 Å². The fourth-order valence-corrected chi connectivity index (χ4v) is 5.18. The van der Waals surface area contributed by atoms with E-state index < -0.39 is 10.0 Å². The molecule has 0 aliphatic rings. The first-order valence-electron chi connectivity index (χ1n) is 9.24. The van der Waals surface area contributed by atoms with Crippen molar-refractivity contribution in [2.24, 2.45) is 7.05 Å². The lowest BCUT2D eigenvalue weighted by Crippen LogP contribution is -2.31. The highest BCUT2D eigenvalue weighted by molar-refractivity contribution is 7.89. The molecule has 152 valence electrons. The van der Waals surface area contributed by atoms with Gasteiger partial charge in [0.05, 0.1) is 34.7 Å². The van der Waals surface area contributed by atoms with Gasteiger partial charge in [-0.05, 0) is 49.2 Å². The number of aromatic nitrogens is 2. The van der Waals surface area contributed by atoms with E-state index >= 15 is 0 Å². The van der Waals surface area contributed by atoms with E-state index in [9.17, 15) is 18.9 Å². The largest absolute Gasteiger partial charge is 0.271 e. The van der Waals surface area contributed by atoms with Crippen molar-refractivity contribution in [3.05, 3.63) is 82.2 Å². The maximum absolute atomic E-state index is 13.6. The van der Waals surface area contributed by atoms with Crippen LogP contribution >= 0.6 is 0 Å². The summed E-state index contributed by atoms with van der Waals surface area (Å²) in [6.45, 7) is 3.56. The lowest BCUT2D eigenvalue weighted by atomic mass is 10.1. The van der Waals surface area contributed by atoms with E-state index in [0.717, 1.165) is 0 Å². The monoisotopic (exact) mass is 419 g/mol. The summed E-state index contributed by atoms with van der Waals surface area (Å²) in [6, 6.07) is 17.9. The molecule has 2 aromatic carbocycles. The Hall–Kier alpha value is -3.46. The van der Waals surface area contributed by atoms with Gasteiger partial charge in [-0.25, -0.2) is 8.42 Å². The maximum atomic E-state index is 13.6. The van der Waals surface area contributed by atoms with Crippen LogP contribution in [0.2, 0.25) is 0 Å². The molecule has 0 atom stereocenters. The zero-order valence-corrected chi connectivity index (χ0v) is 17.8. The van der Waals surface area contributed by atoms with Gasteiger partial charge >= 0.3 is 0 Å². The maximum Gasteiger partial charge on any atom is 0.247 e. The molecule has 0 spiro atoms. The Kier molecular flexibility index (Phi) is 6.02. The Bertz CT molecular complexity index is 1220. The van der Waals surface area contributed by atoms with E-state index in [2.05, 4.69) is 17.2 Å². The van der Waals surface area contributed by atoms with Crippen molar-refractivity contribution in [2.75, 3.05) is 0 Å².